The van der Waals surface area contributed by atoms with Gasteiger partial charge in [-0.25, -0.2) is 43.9 Å². The maximum absolute atomic E-state index is 13.4. The molecule has 138 valence electrons. The molecule has 2 rings (SSSR count). The summed E-state index contributed by atoms with van der Waals surface area (Å²) in [6.07, 6.45) is 0. The van der Waals surface area contributed by atoms with E-state index in [-0.39, 0.29) is 0 Å². The minimum Gasteiger partial charge on any atom is -0.323 e. The molecule has 0 unspecified atom stereocenters. The quantitative estimate of drug-likeness (QED) is 0.435. The van der Waals surface area contributed by atoms with Crippen LogP contribution in [-0.2, 0) is 0 Å². The Hall–Kier alpha value is -2.30. The van der Waals surface area contributed by atoms with Crippen molar-refractivity contribution in [2.75, 3.05) is 14.1 Å². The molecule has 1 nitrogen and oxygen atoms in total. The van der Waals surface area contributed by atoms with Crippen LogP contribution >= 0.6 is 0 Å². The first kappa shape index (κ1) is 20.7. The molecule has 0 saturated heterocycles. The number of hydrogen-bond acceptors (Lipinski definition) is 1. The third kappa shape index (κ3) is 3.41. The lowest BCUT2D eigenvalue weighted by molar-refractivity contribution is 0.370. The topological polar surface area (TPSA) is 12.0 Å². The summed E-state index contributed by atoms with van der Waals surface area (Å²) in [6, 6.07) is 0. The molecule has 1 N–H and O–H groups in total. The second kappa shape index (κ2) is 7.72. The Morgan fingerprint density at radius 2 is 0.480 bits per heavy atom. The highest BCUT2D eigenvalue weighted by Gasteiger charge is 2.34. The van der Waals surface area contributed by atoms with Crippen LogP contribution in [0.25, 0.3) is 11.1 Å². The maximum atomic E-state index is 13.4. The Balaban J connectivity index is 0.000000970. The fraction of sp³-hybridized carbons (Fsp3) is 0.143. The molecule has 0 radical (unpaired) electrons. The maximum Gasteiger partial charge on any atom is 0.200 e. The molecule has 0 amide bonds. The van der Waals surface area contributed by atoms with E-state index in [1.165, 1.54) is 0 Å². The van der Waals surface area contributed by atoms with Gasteiger partial charge in [-0.05, 0) is 14.1 Å². The van der Waals surface area contributed by atoms with Crippen molar-refractivity contribution in [3.8, 4) is 11.1 Å². The van der Waals surface area contributed by atoms with Gasteiger partial charge < -0.3 is 5.32 Å². The lowest BCUT2D eigenvalue weighted by Crippen LogP contribution is -2.10. The van der Waals surface area contributed by atoms with Gasteiger partial charge in [-0.15, -0.1) is 0 Å². The van der Waals surface area contributed by atoms with Crippen LogP contribution in [0.4, 0.5) is 43.9 Å². The van der Waals surface area contributed by atoms with E-state index in [0.717, 1.165) is 0 Å². The van der Waals surface area contributed by atoms with Crippen molar-refractivity contribution in [1.82, 2.24) is 5.32 Å². The minimum absolute atomic E-state index is 1.88. The van der Waals surface area contributed by atoms with E-state index in [4.69, 9.17) is 0 Å². The first-order chi connectivity index (χ1) is 11.5. The minimum atomic E-state index is -2.68. The second-order valence-corrected chi connectivity index (χ2v) is 4.39. The zero-order valence-corrected chi connectivity index (χ0v) is 12.3. The van der Waals surface area contributed by atoms with Crippen molar-refractivity contribution in [1.29, 1.82) is 0 Å². The van der Waals surface area contributed by atoms with Crippen molar-refractivity contribution >= 4 is 0 Å². The largest absolute Gasteiger partial charge is 0.323 e. The van der Waals surface area contributed by atoms with Gasteiger partial charge in [0.2, 0.25) is 11.6 Å². The molecule has 0 aliphatic rings. The van der Waals surface area contributed by atoms with Gasteiger partial charge in [0.05, 0.1) is 11.1 Å². The van der Waals surface area contributed by atoms with Gasteiger partial charge in [-0.3, -0.25) is 0 Å². The van der Waals surface area contributed by atoms with Crippen LogP contribution in [0.1, 0.15) is 0 Å². The molecule has 0 aliphatic heterocycles. The summed E-state index contributed by atoms with van der Waals surface area (Å²) in [5, 5.41) is 2.75. The molecule has 0 bridgehead atoms. The van der Waals surface area contributed by atoms with E-state index in [2.05, 4.69) is 5.32 Å². The Kier molecular flexibility index (Phi) is 6.41. The Labute approximate surface area is 133 Å². The molecule has 0 fully saturated rings. The Bertz CT molecular complexity index is 693. The molecule has 25 heavy (non-hydrogen) atoms. The van der Waals surface area contributed by atoms with Crippen molar-refractivity contribution in [2.45, 2.75) is 0 Å². The summed E-state index contributed by atoms with van der Waals surface area (Å²) in [4.78, 5) is 0. The van der Waals surface area contributed by atoms with Crippen LogP contribution in [0.15, 0.2) is 0 Å². The smallest absolute Gasteiger partial charge is 0.200 e. The van der Waals surface area contributed by atoms with Gasteiger partial charge in [0.15, 0.2) is 46.5 Å². The number of halogens is 10. The van der Waals surface area contributed by atoms with Crippen molar-refractivity contribution in [3.63, 3.8) is 0 Å². The summed E-state index contributed by atoms with van der Waals surface area (Å²) in [6.45, 7) is 0. The SMILES string of the molecule is CNC.Fc1c(F)c(F)c(-c2c(F)c(F)c(F)c(F)c2F)c(F)c1F. The molecule has 0 spiro atoms. The fourth-order valence-corrected chi connectivity index (χ4v) is 1.65. The van der Waals surface area contributed by atoms with E-state index < -0.39 is 69.3 Å². The molecule has 0 aromatic heterocycles. The van der Waals surface area contributed by atoms with Gasteiger partial charge in [0.1, 0.15) is 0 Å². The van der Waals surface area contributed by atoms with Gasteiger partial charge >= 0.3 is 0 Å². The zero-order valence-electron chi connectivity index (χ0n) is 12.3. The normalized spacial score (nSPS) is 10.6. The summed E-state index contributed by atoms with van der Waals surface area (Å²) >= 11 is 0. The van der Waals surface area contributed by atoms with Crippen LogP contribution in [0.5, 0.6) is 0 Å². The average molecular weight is 379 g/mol. The number of rotatable bonds is 1. The summed E-state index contributed by atoms with van der Waals surface area (Å²) in [5.41, 5.74) is -4.52. The molecular weight excluding hydrogens is 372 g/mol. The van der Waals surface area contributed by atoms with Crippen LogP contribution < -0.4 is 5.32 Å². The molecular formula is C14H7F10N. The molecule has 0 atom stereocenters. The van der Waals surface area contributed by atoms with Crippen molar-refractivity contribution in [3.05, 3.63) is 58.2 Å². The fourth-order valence-electron chi connectivity index (χ4n) is 1.65. The number of hydrogen-bond donors (Lipinski definition) is 1. The van der Waals surface area contributed by atoms with Crippen LogP contribution in [0.2, 0.25) is 0 Å². The highest BCUT2D eigenvalue weighted by atomic mass is 19.2. The predicted molar refractivity (Wildman–Crippen MR) is 66.4 cm³/mol. The zero-order chi connectivity index (χ0) is 19.6. The highest BCUT2D eigenvalue weighted by molar-refractivity contribution is 5.67. The average Bonchev–Trinajstić information content (AvgIpc) is 2.58. The van der Waals surface area contributed by atoms with Crippen molar-refractivity contribution < 1.29 is 43.9 Å². The first-order valence-corrected chi connectivity index (χ1v) is 6.14. The van der Waals surface area contributed by atoms with E-state index in [1.54, 1.807) is 0 Å². The van der Waals surface area contributed by atoms with Gasteiger partial charge in [-0.1, -0.05) is 0 Å². The van der Waals surface area contributed by atoms with E-state index in [9.17, 15) is 43.9 Å². The summed E-state index contributed by atoms with van der Waals surface area (Å²) in [7, 11) is 3.75. The van der Waals surface area contributed by atoms with Crippen molar-refractivity contribution in [2.24, 2.45) is 0 Å². The third-order valence-corrected chi connectivity index (χ3v) is 2.67. The summed E-state index contributed by atoms with van der Waals surface area (Å²) in [5.74, 6) is -26.6. The third-order valence-electron chi connectivity index (χ3n) is 2.67. The number of nitrogens with one attached hydrogen (secondary N) is 1. The van der Waals surface area contributed by atoms with Crippen LogP contribution in [0.3, 0.4) is 0 Å². The van der Waals surface area contributed by atoms with E-state index in [1.807, 2.05) is 14.1 Å². The molecule has 0 aliphatic carbocycles. The first-order valence-electron chi connectivity index (χ1n) is 6.14. The second-order valence-electron chi connectivity index (χ2n) is 4.39. The van der Waals surface area contributed by atoms with E-state index >= 15 is 0 Å². The Morgan fingerprint density at radius 1 is 0.360 bits per heavy atom. The molecule has 2 aromatic rings. The summed E-state index contributed by atoms with van der Waals surface area (Å²) < 4.78 is 131. The molecule has 11 heteroatoms. The lowest BCUT2D eigenvalue weighted by atomic mass is 10.0. The predicted octanol–water partition coefficient (Wildman–Crippen LogP) is 4.58. The lowest BCUT2D eigenvalue weighted by Gasteiger charge is -2.11. The van der Waals surface area contributed by atoms with Gasteiger partial charge in [-0.2, -0.15) is 0 Å². The van der Waals surface area contributed by atoms with Gasteiger partial charge in [0, 0.05) is 0 Å². The monoisotopic (exact) mass is 379 g/mol. The van der Waals surface area contributed by atoms with E-state index in [0.29, 0.717) is 0 Å². The highest BCUT2D eigenvalue weighted by Crippen LogP contribution is 2.37. The Morgan fingerprint density at radius 3 is 0.640 bits per heavy atom. The van der Waals surface area contributed by atoms with Gasteiger partial charge in [0.25, 0.3) is 0 Å². The standard InChI is InChI=1S/C12F10.C2H7N/c13-3-1(4(14)8(18)11(21)7(3)17)2-5(15)9(19)12(22)10(20)6(2)16;1-3-2/h;3H,1-2H3. The molecule has 0 saturated carbocycles. The number of benzene rings is 2. The molecule has 0 heterocycles. The van der Waals surface area contributed by atoms with Crippen LogP contribution in [0, 0.1) is 58.2 Å². The van der Waals surface area contributed by atoms with Crippen LogP contribution in [-0.4, -0.2) is 14.1 Å². The molecule has 2 aromatic carbocycles.